The van der Waals surface area contributed by atoms with Crippen LogP contribution in [0.15, 0.2) is 29.3 Å². The molecule has 0 aromatic heterocycles. The second kappa shape index (κ2) is 13.6. The second-order valence-corrected chi connectivity index (χ2v) is 6.28. The van der Waals surface area contributed by atoms with E-state index in [9.17, 15) is 0 Å². The molecule has 1 heterocycles. The fourth-order valence-corrected chi connectivity index (χ4v) is 2.67. The SMILES string of the molecule is CCNC(=NCc1ccccc1Cl)NCCCOCC1CCOC1.I. The number of guanidine groups is 1. The minimum Gasteiger partial charge on any atom is -0.381 e. The van der Waals surface area contributed by atoms with Crippen molar-refractivity contribution in [1.82, 2.24) is 10.6 Å². The lowest BCUT2D eigenvalue weighted by Crippen LogP contribution is -2.38. The van der Waals surface area contributed by atoms with E-state index < -0.39 is 0 Å². The zero-order valence-electron chi connectivity index (χ0n) is 14.8. The highest BCUT2D eigenvalue weighted by Gasteiger charge is 2.15. The van der Waals surface area contributed by atoms with Crippen LogP contribution in [0.25, 0.3) is 0 Å². The Balaban J connectivity index is 0.00000312. The van der Waals surface area contributed by atoms with Gasteiger partial charge in [-0.15, -0.1) is 24.0 Å². The Bertz CT molecular complexity index is 511. The van der Waals surface area contributed by atoms with Crippen LogP contribution >= 0.6 is 35.6 Å². The fourth-order valence-electron chi connectivity index (χ4n) is 2.48. The third-order valence-electron chi connectivity index (χ3n) is 3.85. The molecule has 0 spiro atoms. The number of benzene rings is 1. The van der Waals surface area contributed by atoms with E-state index in [0.717, 1.165) is 68.9 Å². The van der Waals surface area contributed by atoms with Crippen LogP contribution in [0.2, 0.25) is 5.02 Å². The lowest BCUT2D eigenvalue weighted by atomic mass is 10.1. The summed E-state index contributed by atoms with van der Waals surface area (Å²) in [6, 6.07) is 7.79. The molecule has 0 aliphatic carbocycles. The summed E-state index contributed by atoms with van der Waals surface area (Å²) in [5.41, 5.74) is 1.03. The van der Waals surface area contributed by atoms with Crippen molar-refractivity contribution in [2.45, 2.75) is 26.3 Å². The molecule has 1 unspecified atom stereocenters. The van der Waals surface area contributed by atoms with Gasteiger partial charge in [0, 0.05) is 37.2 Å². The molecule has 0 saturated carbocycles. The van der Waals surface area contributed by atoms with E-state index >= 15 is 0 Å². The Morgan fingerprint density at radius 3 is 2.92 bits per heavy atom. The average Bonchev–Trinajstić information content (AvgIpc) is 3.10. The van der Waals surface area contributed by atoms with E-state index in [-0.39, 0.29) is 24.0 Å². The lowest BCUT2D eigenvalue weighted by Gasteiger charge is -2.12. The van der Waals surface area contributed by atoms with Crippen molar-refractivity contribution in [2.24, 2.45) is 10.9 Å². The molecular weight excluding hydrogens is 453 g/mol. The summed E-state index contributed by atoms with van der Waals surface area (Å²) in [6.07, 6.45) is 2.07. The van der Waals surface area contributed by atoms with Crippen LogP contribution in [0.1, 0.15) is 25.3 Å². The quantitative estimate of drug-likeness (QED) is 0.245. The molecule has 2 rings (SSSR count). The molecule has 1 saturated heterocycles. The fraction of sp³-hybridized carbons (Fsp3) is 0.611. The Morgan fingerprint density at radius 1 is 1.36 bits per heavy atom. The van der Waals surface area contributed by atoms with E-state index in [2.05, 4.69) is 22.5 Å². The van der Waals surface area contributed by atoms with Gasteiger partial charge in [-0.3, -0.25) is 0 Å². The van der Waals surface area contributed by atoms with Crippen molar-refractivity contribution in [3.8, 4) is 0 Å². The van der Waals surface area contributed by atoms with Crippen molar-refractivity contribution in [3.63, 3.8) is 0 Å². The number of hydrogen-bond donors (Lipinski definition) is 2. The first-order valence-electron chi connectivity index (χ1n) is 8.70. The number of rotatable bonds is 9. The van der Waals surface area contributed by atoms with Gasteiger partial charge in [0.05, 0.1) is 19.8 Å². The van der Waals surface area contributed by atoms with Crippen LogP contribution in [0.4, 0.5) is 0 Å². The first-order valence-corrected chi connectivity index (χ1v) is 9.08. The van der Waals surface area contributed by atoms with Gasteiger partial charge >= 0.3 is 0 Å². The van der Waals surface area contributed by atoms with Crippen molar-refractivity contribution in [1.29, 1.82) is 0 Å². The van der Waals surface area contributed by atoms with E-state index in [0.29, 0.717) is 12.5 Å². The molecule has 25 heavy (non-hydrogen) atoms. The summed E-state index contributed by atoms with van der Waals surface area (Å²) in [7, 11) is 0. The molecule has 1 fully saturated rings. The Kier molecular flexibility index (Phi) is 12.2. The van der Waals surface area contributed by atoms with Crippen molar-refractivity contribution in [3.05, 3.63) is 34.9 Å². The zero-order valence-corrected chi connectivity index (χ0v) is 17.9. The van der Waals surface area contributed by atoms with Crippen molar-refractivity contribution < 1.29 is 9.47 Å². The van der Waals surface area contributed by atoms with Gasteiger partial charge in [0.25, 0.3) is 0 Å². The van der Waals surface area contributed by atoms with Gasteiger partial charge in [-0.1, -0.05) is 29.8 Å². The normalized spacial score (nSPS) is 17.2. The van der Waals surface area contributed by atoms with Gasteiger partial charge in [-0.05, 0) is 31.4 Å². The standard InChI is InChI=1S/C18H28ClN3O2.HI/c1-2-20-18(22-12-16-6-3-4-7-17(16)19)21-9-5-10-23-13-15-8-11-24-14-15;/h3-4,6-7,15H,2,5,8-14H2,1H3,(H2,20,21,22);1H. The zero-order chi connectivity index (χ0) is 17.0. The molecule has 1 atom stereocenters. The van der Waals surface area contributed by atoms with Gasteiger partial charge in [0.1, 0.15) is 0 Å². The van der Waals surface area contributed by atoms with Crippen molar-refractivity contribution >= 4 is 41.5 Å². The van der Waals surface area contributed by atoms with Crippen LogP contribution in [-0.4, -0.2) is 45.5 Å². The lowest BCUT2D eigenvalue weighted by molar-refractivity contribution is 0.0888. The molecule has 142 valence electrons. The molecule has 0 amide bonds. The number of nitrogens with one attached hydrogen (secondary N) is 2. The van der Waals surface area contributed by atoms with Gasteiger partial charge in [0.15, 0.2) is 5.96 Å². The molecule has 1 aromatic carbocycles. The molecule has 7 heteroatoms. The summed E-state index contributed by atoms with van der Waals surface area (Å²) in [6.45, 7) is 7.56. The maximum Gasteiger partial charge on any atom is 0.191 e. The molecule has 1 aliphatic rings. The van der Waals surface area contributed by atoms with Gasteiger partial charge < -0.3 is 20.1 Å². The summed E-state index contributed by atoms with van der Waals surface area (Å²) in [5.74, 6) is 1.38. The largest absolute Gasteiger partial charge is 0.381 e. The smallest absolute Gasteiger partial charge is 0.191 e. The number of nitrogens with zero attached hydrogens (tertiary/aromatic N) is 1. The molecular formula is C18H29ClIN3O2. The number of halogens is 2. The topological polar surface area (TPSA) is 54.9 Å². The summed E-state index contributed by atoms with van der Waals surface area (Å²) < 4.78 is 11.0. The Morgan fingerprint density at radius 2 is 2.20 bits per heavy atom. The van der Waals surface area contributed by atoms with Gasteiger partial charge in [-0.2, -0.15) is 0 Å². The predicted molar refractivity (Wildman–Crippen MR) is 114 cm³/mol. The third-order valence-corrected chi connectivity index (χ3v) is 4.21. The predicted octanol–water partition coefficient (Wildman–Crippen LogP) is 3.46. The molecule has 1 aliphatic heterocycles. The Hall–Kier alpha value is -0.570. The van der Waals surface area contributed by atoms with E-state index in [1.165, 1.54) is 0 Å². The van der Waals surface area contributed by atoms with E-state index in [4.69, 9.17) is 21.1 Å². The van der Waals surface area contributed by atoms with E-state index in [1.54, 1.807) is 0 Å². The molecule has 1 aromatic rings. The maximum absolute atomic E-state index is 6.16. The first-order chi connectivity index (χ1) is 11.8. The van der Waals surface area contributed by atoms with Crippen LogP contribution < -0.4 is 10.6 Å². The Labute approximate surface area is 172 Å². The third kappa shape index (κ3) is 9.08. The number of aliphatic imine (C=N–C) groups is 1. The minimum atomic E-state index is 0. The monoisotopic (exact) mass is 481 g/mol. The summed E-state index contributed by atoms with van der Waals surface area (Å²) in [4.78, 5) is 4.58. The molecule has 0 radical (unpaired) electrons. The molecule has 2 N–H and O–H groups in total. The highest BCUT2D eigenvalue weighted by atomic mass is 127. The molecule has 5 nitrogen and oxygen atoms in total. The summed E-state index contributed by atoms with van der Waals surface area (Å²) >= 11 is 6.16. The highest BCUT2D eigenvalue weighted by Crippen LogP contribution is 2.15. The van der Waals surface area contributed by atoms with Crippen LogP contribution in [0.3, 0.4) is 0 Å². The first kappa shape index (κ1) is 22.5. The molecule has 0 bridgehead atoms. The van der Waals surface area contributed by atoms with Crippen LogP contribution in [-0.2, 0) is 16.0 Å². The van der Waals surface area contributed by atoms with Gasteiger partial charge in [-0.25, -0.2) is 4.99 Å². The summed E-state index contributed by atoms with van der Waals surface area (Å²) in [5, 5.41) is 7.33. The van der Waals surface area contributed by atoms with E-state index in [1.807, 2.05) is 24.3 Å². The minimum absolute atomic E-state index is 0. The average molecular weight is 482 g/mol. The van der Waals surface area contributed by atoms with Gasteiger partial charge in [0.2, 0.25) is 0 Å². The number of hydrogen-bond acceptors (Lipinski definition) is 3. The van der Waals surface area contributed by atoms with Crippen molar-refractivity contribution in [2.75, 3.05) is 39.5 Å². The highest BCUT2D eigenvalue weighted by molar-refractivity contribution is 14.0. The van der Waals surface area contributed by atoms with Crippen LogP contribution in [0, 0.1) is 5.92 Å². The van der Waals surface area contributed by atoms with Crippen LogP contribution in [0.5, 0.6) is 0 Å². The maximum atomic E-state index is 6.16. The number of ether oxygens (including phenoxy) is 2. The second-order valence-electron chi connectivity index (χ2n) is 5.87.